The summed E-state index contributed by atoms with van der Waals surface area (Å²) in [4.78, 5) is 6.59. The average molecular weight is 601 g/mol. The molecule has 0 unspecified atom stereocenters. The molecule has 1 aliphatic rings. The minimum Gasteiger partial charge on any atom is -0.459 e. The molecule has 194 valence electrons. The van der Waals surface area contributed by atoms with Gasteiger partial charge in [0.15, 0.2) is 5.11 Å². The lowest BCUT2D eigenvalue weighted by Gasteiger charge is -2.26. The molecule has 8 heteroatoms. The van der Waals surface area contributed by atoms with Gasteiger partial charge in [0.1, 0.15) is 34.9 Å². The summed E-state index contributed by atoms with van der Waals surface area (Å²) < 4.78 is 27.8. The number of anilines is 1. The minimum absolute atomic E-state index is 0.282. The fourth-order valence-corrected chi connectivity index (χ4v) is 5.42. The van der Waals surface area contributed by atoms with Crippen LogP contribution in [0.2, 0.25) is 0 Å². The first kappa shape index (κ1) is 25.3. The quantitative estimate of drug-likeness (QED) is 0.197. The number of aromatic nitrogens is 1. The third kappa shape index (κ3) is 5.05. The number of furan rings is 1. The van der Waals surface area contributed by atoms with Gasteiger partial charge in [-0.15, -0.1) is 0 Å². The van der Waals surface area contributed by atoms with Crippen molar-refractivity contribution >= 4 is 38.9 Å². The Bertz CT molecular complexity index is 1640. The fraction of sp³-hybridized carbons (Fsp3) is 0.0968. The molecule has 2 atom stereocenters. The zero-order valence-electron chi connectivity index (χ0n) is 20.8. The van der Waals surface area contributed by atoms with Crippen LogP contribution in [0.3, 0.4) is 0 Å². The molecule has 1 saturated heterocycles. The molecule has 1 aliphatic heterocycles. The number of rotatable bonds is 6. The first-order chi connectivity index (χ1) is 19.0. The zero-order valence-corrected chi connectivity index (χ0v) is 23.2. The van der Waals surface area contributed by atoms with E-state index in [9.17, 15) is 4.39 Å². The minimum atomic E-state index is -0.368. The molecule has 6 rings (SSSR count). The van der Waals surface area contributed by atoms with Crippen molar-refractivity contribution in [3.8, 4) is 22.8 Å². The van der Waals surface area contributed by atoms with E-state index in [-0.39, 0.29) is 17.9 Å². The zero-order chi connectivity index (χ0) is 26.9. The molecular weight excluding hydrogens is 577 g/mol. The average Bonchev–Trinajstić information content (AvgIpc) is 3.55. The number of aryl methyl sites for hydroxylation is 1. The second-order valence-corrected chi connectivity index (χ2v) is 10.5. The molecule has 3 aromatic carbocycles. The number of hydrogen-bond donors (Lipinski definition) is 1. The summed E-state index contributed by atoms with van der Waals surface area (Å²) in [5.41, 5.74) is 3.12. The van der Waals surface area contributed by atoms with Gasteiger partial charge in [-0.25, -0.2) is 4.39 Å². The Hall–Kier alpha value is -4.01. The van der Waals surface area contributed by atoms with Crippen molar-refractivity contribution in [2.45, 2.75) is 19.0 Å². The third-order valence-corrected chi connectivity index (χ3v) is 7.46. The number of thiocarbonyl (C=S) groups is 1. The van der Waals surface area contributed by atoms with Gasteiger partial charge in [0, 0.05) is 16.4 Å². The van der Waals surface area contributed by atoms with Crippen molar-refractivity contribution in [2.24, 2.45) is 0 Å². The van der Waals surface area contributed by atoms with Crippen LogP contribution in [0.4, 0.5) is 10.1 Å². The van der Waals surface area contributed by atoms with Crippen LogP contribution < -0.4 is 15.0 Å². The Morgan fingerprint density at radius 1 is 0.974 bits per heavy atom. The molecule has 0 amide bonds. The standard InChI is InChI=1S/C31H23BrFN3O2S/c1-19-6-2-3-8-26(19)37-22-12-10-21(11-13-22)36-30(29(35-31(36)39)25-7-4-5-17-34-25)28-16-15-27(38-28)23-14-9-20(32)18-24(23)33/h2-18,29-30H,1H3,(H,35,39)/t29-,30-/m1/s1. The van der Waals surface area contributed by atoms with Crippen molar-refractivity contribution in [3.63, 3.8) is 0 Å². The van der Waals surface area contributed by atoms with Gasteiger partial charge in [0.2, 0.25) is 0 Å². The van der Waals surface area contributed by atoms with E-state index in [1.165, 1.54) is 6.07 Å². The molecule has 0 spiro atoms. The van der Waals surface area contributed by atoms with Crippen LogP contribution in [-0.4, -0.2) is 10.1 Å². The molecule has 2 aromatic heterocycles. The highest BCUT2D eigenvalue weighted by molar-refractivity contribution is 9.10. The fourth-order valence-electron chi connectivity index (χ4n) is 4.74. The van der Waals surface area contributed by atoms with Gasteiger partial charge in [-0.2, -0.15) is 0 Å². The maximum Gasteiger partial charge on any atom is 0.174 e. The number of ether oxygens (including phenoxy) is 1. The number of nitrogens with one attached hydrogen (secondary N) is 1. The smallest absolute Gasteiger partial charge is 0.174 e. The first-order valence-electron chi connectivity index (χ1n) is 12.4. The second-order valence-electron chi connectivity index (χ2n) is 9.18. The Balaban J connectivity index is 1.36. The highest BCUT2D eigenvalue weighted by atomic mass is 79.9. The Labute approximate surface area is 239 Å². The highest BCUT2D eigenvalue weighted by Crippen LogP contribution is 2.43. The predicted octanol–water partition coefficient (Wildman–Crippen LogP) is 8.52. The van der Waals surface area contributed by atoms with E-state index < -0.39 is 0 Å². The number of nitrogens with zero attached hydrogens (tertiary/aromatic N) is 2. The molecule has 1 N–H and O–H groups in total. The van der Waals surface area contributed by atoms with Crippen molar-refractivity contribution in [2.75, 3.05) is 4.90 Å². The van der Waals surface area contributed by atoms with E-state index in [0.29, 0.717) is 26.7 Å². The number of pyridine rings is 1. The lowest BCUT2D eigenvalue weighted by Crippen LogP contribution is -2.29. The largest absolute Gasteiger partial charge is 0.459 e. The van der Waals surface area contributed by atoms with Gasteiger partial charge >= 0.3 is 0 Å². The number of benzene rings is 3. The van der Waals surface area contributed by atoms with Gasteiger partial charge in [-0.1, -0.05) is 40.2 Å². The molecule has 0 bridgehead atoms. The lowest BCUT2D eigenvalue weighted by molar-refractivity contribution is 0.438. The van der Waals surface area contributed by atoms with E-state index in [4.69, 9.17) is 21.4 Å². The van der Waals surface area contributed by atoms with Gasteiger partial charge in [-0.3, -0.25) is 4.98 Å². The summed E-state index contributed by atoms with van der Waals surface area (Å²) in [6.45, 7) is 2.01. The monoisotopic (exact) mass is 599 g/mol. The summed E-state index contributed by atoms with van der Waals surface area (Å²) in [7, 11) is 0. The molecule has 0 radical (unpaired) electrons. The lowest BCUT2D eigenvalue weighted by atomic mass is 10.0. The van der Waals surface area contributed by atoms with Crippen LogP contribution in [-0.2, 0) is 0 Å². The second kappa shape index (κ2) is 10.6. The summed E-state index contributed by atoms with van der Waals surface area (Å²) in [6.07, 6.45) is 1.75. The molecule has 0 saturated carbocycles. The topological polar surface area (TPSA) is 50.5 Å². The predicted molar refractivity (Wildman–Crippen MR) is 157 cm³/mol. The summed E-state index contributed by atoms with van der Waals surface area (Å²) >= 11 is 9.13. The van der Waals surface area contributed by atoms with Crippen LogP contribution in [0.25, 0.3) is 11.3 Å². The van der Waals surface area contributed by atoms with Gasteiger partial charge in [-0.05, 0) is 97.5 Å². The van der Waals surface area contributed by atoms with E-state index in [0.717, 1.165) is 28.4 Å². The van der Waals surface area contributed by atoms with Crippen molar-refractivity contribution in [1.29, 1.82) is 0 Å². The van der Waals surface area contributed by atoms with E-state index >= 15 is 0 Å². The number of hydrogen-bond acceptors (Lipinski definition) is 4. The Kier molecular flexibility index (Phi) is 6.89. The number of para-hydroxylation sites is 1. The molecule has 39 heavy (non-hydrogen) atoms. The molecular formula is C31H23BrFN3O2S. The summed E-state index contributed by atoms with van der Waals surface area (Å²) in [5.74, 6) is 2.23. The van der Waals surface area contributed by atoms with E-state index in [2.05, 4.69) is 26.2 Å². The van der Waals surface area contributed by atoms with Gasteiger partial charge in [0.05, 0.1) is 17.3 Å². The van der Waals surface area contributed by atoms with Gasteiger partial charge < -0.3 is 19.4 Å². The molecule has 5 nitrogen and oxygen atoms in total. The molecule has 0 aliphatic carbocycles. The maximum atomic E-state index is 14.7. The van der Waals surface area contributed by atoms with Crippen LogP contribution in [0.5, 0.6) is 11.5 Å². The van der Waals surface area contributed by atoms with E-state index in [1.54, 1.807) is 24.4 Å². The summed E-state index contributed by atoms with van der Waals surface area (Å²) in [6, 6.07) is 29.3. The van der Waals surface area contributed by atoms with E-state index in [1.807, 2.05) is 84.6 Å². The molecule has 1 fully saturated rings. The van der Waals surface area contributed by atoms with Crippen LogP contribution in [0, 0.1) is 12.7 Å². The first-order valence-corrected chi connectivity index (χ1v) is 13.6. The van der Waals surface area contributed by atoms with Crippen LogP contribution >= 0.6 is 28.1 Å². The third-order valence-electron chi connectivity index (χ3n) is 6.65. The van der Waals surface area contributed by atoms with Crippen molar-refractivity contribution in [1.82, 2.24) is 10.3 Å². The maximum absolute atomic E-state index is 14.7. The van der Waals surface area contributed by atoms with Crippen LogP contribution in [0.1, 0.15) is 29.1 Å². The van der Waals surface area contributed by atoms with Crippen molar-refractivity contribution in [3.05, 3.63) is 131 Å². The number of halogens is 2. The Morgan fingerprint density at radius 2 is 1.77 bits per heavy atom. The SMILES string of the molecule is Cc1ccccc1Oc1ccc(N2C(=S)N[C@H](c3ccccn3)[C@H]2c2ccc(-c3ccc(Br)cc3F)o2)cc1. The molecule has 3 heterocycles. The molecule has 5 aromatic rings. The summed E-state index contributed by atoms with van der Waals surface area (Å²) in [5, 5.41) is 3.96. The van der Waals surface area contributed by atoms with Crippen LogP contribution in [0.15, 0.2) is 112 Å². The normalized spacial score (nSPS) is 16.8. The van der Waals surface area contributed by atoms with Gasteiger partial charge in [0.25, 0.3) is 0 Å². The van der Waals surface area contributed by atoms with Crippen molar-refractivity contribution < 1.29 is 13.5 Å². The highest BCUT2D eigenvalue weighted by Gasteiger charge is 2.42. The Morgan fingerprint density at radius 3 is 2.51 bits per heavy atom.